The summed E-state index contributed by atoms with van der Waals surface area (Å²) in [5.74, 6) is -2.26. The first-order valence-electron chi connectivity index (χ1n) is 10.1. The summed E-state index contributed by atoms with van der Waals surface area (Å²) < 4.78 is 55.0. The van der Waals surface area contributed by atoms with Gasteiger partial charge >= 0.3 is 12.6 Å². The lowest BCUT2D eigenvalue weighted by atomic mass is 9.80. The third kappa shape index (κ3) is 3.32. The van der Waals surface area contributed by atoms with Gasteiger partial charge in [0.05, 0.1) is 35.3 Å². The molecule has 4 atom stereocenters. The van der Waals surface area contributed by atoms with Gasteiger partial charge in [-0.1, -0.05) is 0 Å². The number of nitrogens with zero attached hydrogens (tertiary/aromatic N) is 1. The van der Waals surface area contributed by atoms with Crippen LogP contribution in [0, 0.1) is 24.6 Å². The molecular formula is C22H18F3NO5S. The largest absolute Gasteiger partial charge is 0.435 e. The molecule has 1 aromatic heterocycles. The molecule has 1 aliphatic carbocycles. The van der Waals surface area contributed by atoms with Crippen molar-refractivity contribution in [3.8, 4) is 16.3 Å². The topological polar surface area (TPSA) is 74.7 Å². The number of fused-ring (bicyclic) bond motifs is 5. The third-order valence-electron chi connectivity index (χ3n) is 6.05. The molecule has 10 heteroatoms. The SMILES string of the molecule is CC(=O)OC1=C(c2nc(-c3ccc(OC(F)F)cc3F)sc2C)C(=O)[C@H]2[C@@H]1[C@@H]1CC[C@H]2O1. The van der Waals surface area contributed by atoms with Crippen LogP contribution in [-0.2, 0) is 19.1 Å². The van der Waals surface area contributed by atoms with Crippen LogP contribution in [-0.4, -0.2) is 35.6 Å². The highest BCUT2D eigenvalue weighted by Crippen LogP contribution is 2.55. The zero-order valence-corrected chi connectivity index (χ0v) is 17.9. The highest BCUT2D eigenvalue weighted by molar-refractivity contribution is 7.15. The quantitative estimate of drug-likeness (QED) is 0.605. The standard InChI is InChI=1S/C22H18F3NO5S/c1-8-18(26-21(32-8)11-4-3-10(7-12(11)23)30-22(24)25)17-19(28)15-13-5-6-14(31-13)16(15)20(17)29-9(2)27/h3-4,7,13-16,22H,5-6H2,1-2H3/t13-,14+,15-,16+/m1/s1. The summed E-state index contributed by atoms with van der Waals surface area (Å²) in [4.78, 5) is 30.3. The molecule has 1 aromatic carbocycles. The molecule has 0 unspecified atom stereocenters. The van der Waals surface area contributed by atoms with Gasteiger partial charge in [0.2, 0.25) is 0 Å². The van der Waals surface area contributed by atoms with Gasteiger partial charge in [0.15, 0.2) is 5.78 Å². The molecule has 3 aliphatic rings. The van der Waals surface area contributed by atoms with E-state index in [0.717, 1.165) is 30.2 Å². The van der Waals surface area contributed by atoms with E-state index in [-0.39, 0.29) is 51.6 Å². The molecule has 3 heterocycles. The Bertz CT molecular complexity index is 1160. The number of carbonyl (C=O) groups excluding carboxylic acids is 2. The minimum atomic E-state index is -3.06. The molecular weight excluding hydrogens is 447 g/mol. The van der Waals surface area contributed by atoms with E-state index in [4.69, 9.17) is 9.47 Å². The summed E-state index contributed by atoms with van der Waals surface area (Å²) in [6, 6.07) is 3.39. The average molecular weight is 465 g/mol. The van der Waals surface area contributed by atoms with Crippen LogP contribution in [0.25, 0.3) is 16.1 Å². The summed E-state index contributed by atoms with van der Waals surface area (Å²) in [5.41, 5.74) is 0.676. The monoisotopic (exact) mass is 465 g/mol. The van der Waals surface area contributed by atoms with Crippen LogP contribution >= 0.6 is 11.3 Å². The van der Waals surface area contributed by atoms with E-state index in [2.05, 4.69) is 9.72 Å². The zero-order valence-electron chi connectivity index (χ0n) is 17.1. The van der Waals surface area contributed by atoms with Gasteiger partial charge < -0.3 is 14.2 Å². The molecule has 32 heavy (non-hydrogen) atoms. The number of Topliss-reactive ketones (excluding diaryl/α,β-unsaturated/α-hetero) is 1. The molecule has 2 fully saturated rings. The van der Waals surface area contributed by atoms with Crippen molar-refractivity contribution in [1.82, 2.24) is 4.98 Å². The van der Waals surface area contributed by atoms with Crippen LogP contribution in [0.2, 0.25) is 0 Å². The normalized spacial score (nSPS) is 26.2. The Morgan fingerprint density at radius 3 is 2.62 bits per heavy atom. The van der Waals surface area contributed by atoms with Crippen molar-refractivity contribution in [3.63, 3.8) is 0 Å². The van der Waals surface area contributed by atoms with E-state index in [1.807, 2.05) is 0 Å². The average Bonchev–Trinajstić information content (AvgIpc) is 3.45. The Balaban J connectivity index is 1.56. The van der Waals surface area contributed by atoms with Crippen molar-refractivity contribution in [2.24, 2.45) is 11.8 Å². The van der Waals surface area contributed by atoms with Crippen LogP contribution in [0.3, 0.4) is 0 Å². The van der Waals surface area contributed by atoms with E-state index in [0.29, 0.717) is 10.6 Å². The number of esters is 1. The second kappa shape index (κ2) is 7.70. The lowest BCUT2D eigenvalue weighted by molar-refractivity contribution is -0.138. The van der Waals surface area contributed by atoms with Gasteiger partial charge in [-0.05, 0) is 31.9 Å². The summed E-state index contributed by atoms with van der Waals surface area (Å²) in [6.07, 6.45) is 1.17. The molecule has 0 amide bonds. The van der Waals surface area contributed by atoms with Crippen molar-refractivity contribution < 1.29 is 37.0 Å². The number of thiazole rings is 1. The lowest BCUT2D eigenvalue weighted by Gasteiger charge is -2.21. The van der Waals surface area contributed by atoms with Crippen LogP contribution in [0.4, 0.5) is 13.2 Å². The Hall–Kier alpha value is -2.72. The molecule has 0 N–H and O–H groups in total. The van der Waals surface area contributed by atoms with E-state index in [1.165, 1.54) is 19.1 Å². The molecule has 2 aliphatic heterocycles. The maximum absolute atomic E-state index is 14.6. The maximum Gasteiger partial charge on any atom is 0.387 e. The number of rotatable bonds is 5. The Morgan fingerprint density at radius 1 is 1.25 bits per heavy atom. The number of ketones is 1. The number of allylic oxidation sites excluding steroid dienone is 1. The number of alkyl halides is 2. The van der Waals surface area contributed by atoms with Crippen LogP contribution in [0.15, 0.2) is 24.0 Å². The van der Waals surface area contributed by atoms with Crippen molar-refractivity contribution in [3.05, 3.63) is 40.3 Å². The summed E-state index contributed by atoms with van der Waals surface area (Å²) >= 11 is 1.16. The number of aryl methyl sites for hydroxylation is 1. The third-order valence-corrected chi connectivity index (χ3v) is 7.06. The van der Waals surface area contributed by atoms with Crippen molar-refractivity contribution in [2.75, 3.05) is 0 Å². The second-order valence-corrected chi connectivity index (χ2v) is 9.19. The number of carbonyl (C=O) groups is 2. The van der Waals surface area contributed by atoms with Crippen LogP contribution in [0.5, 0.6) is 5.75 Å². The first kappa shape index (κ1) is 21.1. The molecule has 0 saturated carbocycles. The maximum atomic E-state index is 14.6. The fourth-order valence-electron chi connectivity index (χ4n) is 4.89. The Morgan fingerprint density at radius 2 is 1.97 bits per heavy atom. The molecule has 6 nitrogen and oxygen atoms in total. The highest BCUT2D eigenvalue weighted by Gasteiger charge is 2.60. The summed E-state index contributed by atoms with van der Waals surface area (Å²) in [7, 11) is 0. The van der Waals surface area contributed by atoms with E-state index >= 15 is 0 Å². The van der Waals surface area contributed by atoms with Crippen molar-refractivity contribution >= 4 is 28.7 Å². The van der Waals surface area contributed by atoms with Gasteiger partial charge in [-0.3, -0.25) is 9.59 Å². The smallest absolute Gasteiger partial charge is 0.387 e. The number of hydrogen-bond acceptors (Lipinski definition) is 7. The van der Waals surface area contributed by atoms with Crippen molar-refractivity contribution in [2.45, 2.75) is 45.5 Å². The van der Waals surface area contributed by atoms with Gasteiger partial charge in [0, 0.05) is 23.4 Å². The molecule has 2 aromatic rings. The Kier molecular flexibility index (Phi) is 5.09. The van der Waals surface area contributed by atoms with Crippen LogP contribution < -0.4 is 4.74 Å². The fourth-order valence-corrected chi connectivity index (χ4v) is 5.84. The predicted octanol–water partition coefficient (Wildman–Crippen LogP) is 4.51. The van der Waals surface area contributed by atoms with Gasteiger partial charge in [0.1, 0.15) is 22.3 Å². The van der Waals surface area contributed by atoms with E-state index in [1.54, 1.807) is 6.92 Å². The van der Waals surface area contributed by atoms with Crippen LogP contribution in [0.1, 0.15) is 30.3 Å². The van der Waals surface area contributed by atoms with Crippen molar-refractivity contribution in [1.29, 1.82) is 0 Å². The molecule has 0 radical (unpaired) electrons. The van der Waals surface area contributed by atoms with E-state index in [9.17, 15) is 22.8 Å². The van der Waals surface area contributed by atoms with Gasteiger partial charge in [-0.2, -0.15) is 8.78 Å². The Labute approximate surface area is 185 Å². The molecule has 0 spiro atoms. The molecule has 168 valence electrons. The minimum absolute atomic E-state index is 0.0923. The van der Waals surface area contributed by atoms with Gasteiger partial charge in [0.25, 0.3) is 0 Å². The molecule has 2 saturated heterocycles. The first-order valence-corrected chi connectivity index (χ1v) is 10.9. The number of halogens is 3. The first-order chi connectivity index (χ1) is 15.2. The summed E-state index contributed by atoms with van der Waals surface area (Å²) in [5, 5.41) is 0.275. The molecule has 2 bridgehead atoms. The molecule has 5 rings (SSSR count). The van der Waals surface area contributed by atoms with E-state index < -0.39 is 24.3 Å². The minimum Gasteiger partial charge on any atom is -0.435 e. The second-order valence-electron chi connectivity index (χ2n) is 7.98. The highest BCUT2D eigenvalue weighted by atomic mass is 32.1. The zero-order chi connectivity index (χ0) is 22.7. The summed E-state index contributed by atoms with van der Waals surface area (Å²) in [6.45, 7) is -0.0467. The number of hydrogen-bond donors (Lipinski definition) is 0. The van der Waals surface area contributed by atoms with Gasteiger partial charge in [-0.15, -0.1) is 11.3 Å². The fraction of sp³-hybridized carbons (Fsp3) is 0.409. The lowest BCUT2D eigenvalue weighted by Crippen LogP contribution is -2.29. The number of aromatic nitrogens is 1. The number of benzene rings is 1. The van der Waals surface area contributed by atoms with Gasteiger partial charge in [-0.25, -0.2) is 9.37 Å². The number of ether oxygens (including phenoxy) is 3. The predicted molar refractivity (Wildman–Crippen MR) is 107 cm³/mol.